The zero-order valence-corrected chi connectivity index (χ0v) is 11.8. The van der Waals surface area contributed by atoms with Crippen molar-refractivity contribution in [3.63, 3.8) is 0 Å². The van der Waals surface area contributed by atoms with E-state index in [0.29, 0.717) is 18.0 Å². The average Bonchev–Trinajstić information content (AvgIpc) is 3.07. The van der Waals surface area contributed by atoms with Gasteiger partial charge in [-0.2, -0.15) is 0 Å². The van der Waals surface area contributed by atoms with E-state index in [1.807, 2.05) is 11.4 Å². The molecule has 2 rings (SSSR count). The summed E-state index contributed by atoms with van der Waals surface area (Å²) in [5, 5.41) is 5.83. The Morgan fingerprint density at radius 1 is 1.47 bits per heavy atom. The summed E-state index contributed by atoms with van der Waals surface area (Å²) in [7, 11) is 0. The third-order valence-corrected chi connectivity index (χ3v) is 4.09. The molecule has 0 aliphatic carbocycles. The number of nitrogens with zero attached hydrogens (tertiary/aromatic N) is 1. The summed E-state index contributed by atoms with van der Waals surface area (Å²) in [6.45, 7) is 0.918. The lowest BCUT2D eigenvalue weighted by Crippen LogP contribution is -2.24. The van der Waals surface area contributed by atoms with Crippen LogP contribution in [0.5, 0.6) is 0 Å². The van der Waals surface area contributed by atoms with Crippen molar-refractivity contribution in [2.75, 3.05) is 13.1 Å². The summed E-state index contributed by atoms with van der Waals surface area (Å²) < 4.78 is 0. The molecular formula is C13H13N3OS2. The molecule has 98 valence electrons. The Bertz CT molecular complexity index is 593. The van der Waals surface area contributed by atoms with Gasteiger partial charge in [0.1, 0.15) is 0 Å². The predicted octanol–water partition coefficient (Wildman–Crippen LogP) is 1.49. The van der Waals surface area contributed by atoms with E-state index < -0.39 is 0 Å². The molecule has 2 aromatic heterocycles. The first kappa shape index (κ1) is 13.7. The standard InChI is InChI=1S/C13H13N3OS2/c14-6-1-2-10-3-4-11(19-10)13(17)16-7-5-12-15-8-9-18-12/h3-4,8-9H,5-7,14H2,(H,16,17). The highest BCUT2D eigenvalue weighted by Gasteiger charge is 2.08. The van der Waals surface area contributed by atoms with Gasteiger partial charge in [-0.15, -0.1) is 22.7 Å². The number of aromatic nitrogens is 1. The normalized spacial score (nSPS) is 9.74. The van der Waals surface area contributed by atoms with Crippen molar-refractivity contribution in [3.05, 3.63) is 38.5 Å². The fraction of sp³-hybridized carbons (Fsp3) is 0.231. The minimum absolute atomic E-state index is 0.0673. The summed E-state index contributed by atoms with van der Waals surface area (Å²) >= 11 is 2.97. The van der Waals surface area contributed by atoms with Gasteiger partial charge in [0.2, 0.25) is 0 Å². The highest BCUT2D eigenvalue weighted by molar-refractivity contribution is 7.14. The molecule has 0 unspecified atom stereocenters. The molecule has 0 saturated heterocycles. The Labute approximate surface area is 119 Å². The monoisotopic (exact) mass is 291 g/mol. The van der Waals surface area contributed by atoms with Gasteiger partial charge >= 0.3 is 0 Å². The lowest BCUT2D eigenvalue weighted by Gasteiger charge is -2.00. The molecular weight excluding hydrogens is 278 g/mol. The molecule has 19 heavy (non-hydrogen) atoms. The Morgan fingerprint density at radius 2 is 2.37 bits per heavy atom. The minimum atomic E-state index is -0.0673. The molecule has 3 N–H and O–H groups in total. The van der Waals surface area contributed by atoms with Crippen LogP contribution in [-0.4, -0.2) is 24.0 Å². The number of carbonyl (C=O) groups is 1. The highest BCUT2D eigenvalue weighted by atomic mass is 32.1. The van der Waals surface area contributed by atoms with Crippen molar-refractivity contribution in [2.24, 2.45) is 5.73 Å². The summed E-state index contributed by atoms with van der Waals surface area (Å²) in [4.78, 5) is 17.6. The first-order valence-electron chi connectivity index (χ1n) is 5.75. The van der Waals surface area contributed by atoms with E-state index in [0.717, 1.165) is 16.3 Å². The van der Waals surface area contributed by atoms with Crippen LogP contribution in [0.15, 0.2) is 23.7 Å². The maximum Gasteiger partial charge on any atom is 0.261 e. The van der Waals surface area contributed by atoms with Crippen LogP contribution in [0, 0.1) is 11.8 Å². The first-order chi connectivity index (χ1) is 9.29. The maximum atomic E-state index is 11.9. The molecule has 1 amide bonds. The Morgan fingerprint density at radius 3 is 3.11 bits per heavy atom. The molecule has 0 saturated carbocycles. The van der Waals surface area contributed by atoms with E-state index in [-0.39, 0.29) is 5.91 Å². The van der Waals surface area contributed by atoms with Gasteiger partial charge in [-0.05, 0) is 12.1 Å². The van der Waals surface area contributed by atoms with E-state index >= 15 is 0 Å². The van der Waals surface area contributed by atoms with E-state index in [1.165, 1.54) is 11.3 Å². The number of thiophene rings is 1. The molecule has 0 fully saturated rings. The van der Waals surface area contributed by atoms with Gasteiger partial charge in [-0.3, -0.25) is 4.79 Å². The van der Waals surface area contributed by atoms with E-state index in [2.05, 4.69) is 22.1 Å². The van der Waals surface area contributed by atoms with Crippen LogP contribution in [-0.2, 0) is 6.42 Å². The molecule has 0 radical (unpaired) electrons. The van der Waals surface area contributed by atoms with Crippen LogP contribution in [0.25, 0.3) is 0 Å². The summed E-state index contributed by atoms with van der Waals surface area (Å²) in [6.07, 6.45) is 2.53. The predicted molar refractivity (Wildman–Crippen MR) is 78.4 cm³/mol. The molecule has 0 spiro atoms. The second-order valence-corrected chi connectivity index (χ2v) is 5.66. The lowest BCUT2D eigenvalue weighted by atomic mass is 10.4. The third-order valence-electron chi connectivity index (χ3n) is 2.25. The first-order valence-corrected chi connectivity index (χ1v) is 7.44. The number of rotatable bonds is 4. The van der Waals surface area contributed by atoms with Crippen molar-refractivity contribution in [2.45, 2.75) is 6.42 Å². The van der Waals surface area contributed by atoms with Crippen molar-refractivity contribution < 1.29 is 4.79 Å². The van der Waals surface area contributed by atoms with Gasteiger partial charge in [-0.1, -0.05) is 11.8 Å². The van der Waals surface area contributed by atoms with Crippen LogP contribution >= 0.6 is 22.7 Å². The number of carbonyl (C=O) groups excluding carboxylic acids is 1. The van der Waals surface area contributed by atoms with Crippen LogP contribution in [0.2, 0.25) is 0 Å². The Balaban J connectivity index is 1.84. The smallest absolute Gasteiger partial charge is 0.261 e. The van der Waals surface area contributed by atoms with Crippen LogP contribution in [0.1, 0.15) is 19.6 Å². The van der Waals surface area contributed by atoms with Crippen LogP contribution < -0.4 is 11.1 Å². The van der Waals surface area contributed by atoms with Gasteiger partial charge in [0.05, 0.1) is 21.3 Å². The van der Waals surface area contributed by atoms with Gasteiger partial charge in [0.15, 0.2) is 0 Å². The SMILES string of the molecule is NCC#Cc1ccc(C(=O)NCCc2nccs2)s1. The average molecular weight is 291 g/mol. The molecule has 0 aliphatic heterocycles. The van der Waals surface area contributed by atoms with Crippen molar-refractivity contribution in [1.29, 1.82) is 0 Å². The van der Waals surface area contributed by atoms with E-state index in [9.17, 15) is 4.79 Å². The second-order valence-electron chi connectivity index (χ2n) is 3.60. The number of hydrogen-bond acceptors (Lipinski definition) is 5. The fourth-order valence-electron chi connectivity index (χ4n) is 1.41. The Hall–Kier alpha value is -1.68. The van der Waals surface area contributed by atoms with E-state index in [1.54, 1.807) is 23.6 Å². The highest BCUT2D eigenvalue weighted by Crippen LogP contribution is 2.15. The number of nitrogens with two attached hydrogens (primary N) is 1. The van der Waals surface area contributed by atoms with Crippen LogP contribution in [0.4, 0.5) is 0 Å². The number of nitrogens with one attached hydrogen (secondary N) is 1. The zero-order valence-electron chi connectivity index (χ0n) is 10.2. The van der Waals surface area contributed by atoms with Crippen molar-refractivity contribution in [3.8, 4) is 11.8 Å². The van der Waals surface area contributed by atoms with Crippen molar-refractivity contribution in [1.82, 2.24) is 10.3 Å². The zero-order chi connectivity index (χ0) is 13.5. The quantitative estimate of drug-likeness (QED) is 0.839. The van der Waals surface area contributed by atoms with Crippen LogP contribution in [0.3, 0.4) is 0 Å². The molecule has 0 aliphatic rings. The van der Waals surface area contributed by atoms with Gasteiger partial charge in [0.25, 0.3) is 5.91 Å². The molecule has 0 bridgehead atoms. The second kappa shape index (κ2) is 7.04. The maximum absolute atomic E-state index is 11.9. The molecule has 2 heterocycles. The largest absolute Gasteiger partial charge is 0.351 e. The third kappa shape index (κ3) is 4.17. The summed E-state index contributed by atoms with van der Waals surface area (Å²) in [5.74, 6) is 5.61. The Kier molecular flexibility index (Phi) is 5.10. The summed E-state index contributed by atoms with van der Waals surface area (Å²) in [5.41, 5.74) is 5.30. The molecule has 2 aromatic rings. The number of thiazole rings is 1. The number of amides is 1. The number of hydrogen-bond donors (Lipinski definition) is 2. The molecule has 6 heteroatoms. The van der Waals surface area contributed by atoms with Gasteiger partial charge in [-0.25, -0.2) is 4.98 Å². The lowest BCUT2D eigenvalue weighted by molar-refractivity contribution is 0.0958. The fourth-order valence-corrected chi connectivity index (χ4v) is 2.83. The molecule has 0 aromatic carbocycles. The van der Waals surface area contributed by atoms with Crippen molar-refractivity contribution >= 4 is 28.6 Å². The molecule has 0 atom stereocenters. The summed E-state index contributed by atoms with van der Waals surface area (Å²) in [6, 6.07) is 3.62. The van der Waals surface area contributed by atoms with Gasteiger partial charge < -0.3 is 11.1 Å². The topological polar surface area (TPSA) is 68.0 Å². The minimum Gasteiger partial charge on any atom is -0.351 e. The van der Waals surface area contributed by atoms with Gasteiger partial charge in [0, 0.05) is 24.5 Å². The molecule has 4 nitrogen and oxygen atoms in total. The van der Waals surface area contributed by atoms with E-state index in [4.69, 9.17) is 5.73 Å².